The smallest absolute Gasteiger partial charge is 0.0541 e. The number of nitrogens with zero attached hydrogens (tertiary/aromatic N) is 1. The summed E-state index contributed by atoms with van der Waals surface area (Å²) in [5, 5.41) is 0.788. The van der Waals surface area contributed by atoms with Crippen LogP contribution in [0.4, 0.5) is 0 Å². The highest BCUT2D eigenvalue weighted by atomic mass is 35.5. The van der Waals surface area contributed by atoms with Gasteiger partial charge in [0.1, 0.15) is 0 Å². The van der Waals surface area contributed by atoms with Gasteiger partial charge in [0.2, 0.25) is 0 Å². The molecule has 0 amide bonds. The molecule has 2 aromatic rings. The van der Waals surface area contributed by atoms with Crippen LogP contribution in [-0.2, 0) is 6.42 Å². The second kappa shape index (κ2) is 6.78. The van der Waals surface area contributed by atoms with E-state index in [0.29, 0.717) is 0 Å². The van der Waals surface area contributed by atoms with Gasteiger partial charge in [-0.2, -0.15) is 0 Å². The lowest BCUT2D eigenvalue weighted by atomic mass is 10.1. The molecule has 0 saturated heterocycles. The van der Waals surface area contributed by atoms with Gasteiger partial charge in [-0.05, 0) is 30.2 Å². The number of pyridine rings is 1. The Hall–Kier alpha value is -1.03. The van der Waals surface area contributed by atoms with Gasteiger partial charge >= 0.3 is 0 Å². The Morgan fingerprint density at radius 1 is 1.22 bits per heavy atom. The molecule has 1 aromatic carbocycles. The number of aromatic nitrogens is 1. The molecule has 0 spiro atoms. The Morgan fingerprint density at radius 2 is 2.06 bits per heavy atom. The molecule has 2 nitrogen and oxygen atoms in total. The average molecular weight is 279 g/mol. The molecule has 2 rings (SSSR count). The largest absolute Gasteiger partial charge is 0.327 e. The third kappa shape index (κ3) is 4.02. The van der Waals surface area contributed by atoms with Gasteiger partial charge in [-0.1, -0.05) is 29.8 Å². The molecule has 0 fully saturated rings. The minimum absolute atomic E-state index is 0.107. The number of hydrogen-bond acceptors (Lipinski definition) is 3. The fourth-order valence-corrected chi connectivity index (χ4v) is 2.83. The van der Waals surface area contributed by atoms with E-state index in [2.05, 4.69) is 4.98 Å². The van der Waals surface area contributed by atoms with Crippen LogP contribution in [0.3, 0.4) is 0 Å². The van der Waals surface area contributed by atoms with E-state index in [1.807, 2.05) is 42.6 Å². The molecule has 18 heavy (non-hydrogen) atoms. The summed E-state index contributed by atoms with van der Waals surface area (Å²) in [4.78, 5) is 5.17. The van der Waals surface area contributed by atoms with Crippen LogP contribution in [0.25, 0.3) is 0 Å². The molecular weight excluding hydrogens is 264 g/mol. The van der Waals surface area contributed by atoms with Gasteiger partial charge in [0.05, 0.1) is 5.02 Å². The van der Waals surface area contributed by atoms with Gasteiger partial charge in [-0.3, -0.25) is 4.98 Å². The first-order chi connectivity index (χ1) is 8.75. The monoisotopic (exact) mass is 278 g/mol. The molecule has 94 valence electrons. The minimum atomic E-state index is 0.107. The molecule has 1 unspecified atom stereocenters. The number of nitrogens with two attached hydrogens (primary N) is 1. The molecule has 0 aliphatic rings. The quantitative estimate of drug-likeness (QED) is 0.852. The van der Waals surface area contributed by atoms with Crippen molar-refractivity contribution in [1.29, 1.82) is 0 Å². The van der Waals surface area contributed by atoms with Crippen molar-refractivity contribution >= 4 is 23.4 Å². The van der Waals surface area contributed by atoms with Crippen LogP contribution in [0.15, 0.2) is 53.7 Å². The van der Waals surface area contributed by atoms with Crippen molar-refractivity contribution in [3.63, 3.8) is 0 Å². The van der Waals surface area contributed by atoms with E-state index in [1.165, 1.54) is 5.56 Å². The molecule has 2 N–H and O–H groups in total. The van der Waals surface area contributed by atoms with Gasteiger partial charge in [-0.15, -0.1) is 11.8 Å². The summed E-state index contributed by atoms with van der Waals surface area (Å²) in [6.45, 7) is 0. The van der Waals surface area contributed by atoms with Crippen LogP contribution < -0.4 is 5.73 Å². The number of halogens is 1. The summed E-state index contributed by atoms with van der Waals surface area (Å²) in [5.41, 5.74) is 7.28. The maximum Gasteiger partial charge on any atom is 0.0541 e. The van der Waals surface area contributed by atoms with Gasteiger partial charge in [-0.25, -0.2) is 0 Å². The van der Waals surface area contributed by atoms with E-state index < -0.39 is 0 Å². The Bertz CT molecular complexity index is 490. The van der Waals surface area contributed by atoms with E-state index in [9.17, 15) is 0 Å². The predicted molar refractivity (Wildman–Crippen MR) is 78.1 cm³/mol. The fraction of sp³-hybridized carbons (Fsp3) is 0.214. The van der Waals surface area contributed by atoms with E-state index in [1.54, 1.807) is 18.0 Å². The van der Waals surface area contributed by atoms with Crippen molar-refractivity contribution in [3.8, 4) is 0 Å². The third-order valence-corrected chi connectivity index (χ3v) is 4.21. The zero-order valence-corrected chi connectivity index (χ0v) is 11.5. The van der Waals surface area contributed by atoms with Crippen molar-refractivity contribution in [2.24, 2.45) is 5.73 Å². The SMILES string of the molecule is NC(CSc1ccccc1Cl)Cc1cccnc1. The maximum atomic E-state index is 6.11. The molecule has 1 heterocycles. The van der Waals surface area contributed by atoms with Gasteiger partial charge in [0.15, 0.2) is 0 Å². The average Bonchev–Trinajstić information content (AvgIpc) is 2.39. The molecule has 1 aromatic heterocycles. The van der Waals surface area contributed by atoms with E-state index >= 15 is 0 Å². The van der Waals surface area contributed by atoms with E-state index in [4.69, 9.17) is 17.3 Å². The molecule has 1 atom stereocenters. The standard InChI is InChI=1S/C14H15ClN2S/c15-13-5-1-2-6-14(13)18-10-12(16)8-11-4-3-7-17-9-11/h1-7,9,12H,8,10,16H2. The molecule has 0 radical (unpaired) electrons. The lowest BCUT2D eigenvalue weighted by molar-refractivity contribution is 0.746. The summed E-state index contributed by atoms with van der Waals surface area (Å²) in [6.07, 6.45) is 4.47. The highest BCUT2D eigenvalue weighted by Gasteiger charge is 2.06. The fourth-order valence-electron chi connectivity index (χ4n) is 1.64. The molecule has 0 saturated carbocycles. The van der Waals surface area contributed by atoms with Gasteiger partial charge < -0.3 is 5.73 Å². The first kappa shape index (κ1) is 13.4. The molecule has 4 heteroatoms. The number of benzene rings is 1. The highest BCUT2D eigenvalue weighted by molar-refractivity contribution is 7.99. The summed E-state index contributed by atoms with van der Waals surface area (Å²) in [5.74, 6) is 0.846. The first-order valence-electron chi connectivity index (χ1n) is 5.77. The highest BCUT2D eigenvalue weighted by Crippen LogP contribution is 2.27. The zero-order valence-electron chi connectivity index (χ0n) is 9.92. The maximum absolute atomic E-state index is 6.11. The van der Waals surface area contributed by atoms with Crippen molar-refractivity contribution in [2.75, 3.05) is 5.75 Å². The van der Waals surface area contributed by atoms with Crippen LogP contribution in [0, 0.1) is 0 Å². The van der Waals surface area contributed by atoms with Crippen molar-refractivity contribution in [3.05, 3.63) is 59.4 Å². The second-order valence-corrected chi connectivity index (χ2v) is 5.54. The Morgan fingerprint density at radius 3 is 2.78 bits per heavy atom. The van der Waals surface area contributed by atoms with Crippen molar-refractivity contribution in [1.82, 2.24) is 4.98 Å². The van der Waals surface area contributed by atoms with E-state index in [-0.39, 0.29) is 6.04 Å². The first-order valence-corrected chi connectivity index (χ1v) is 7.14. The molecule has 0 aliphatic heterocycles. The van der Waals surface area contributed by atoms with Crippen LogP contribution >= 0.6 is 23.4 Å². The predicted octanol–water partition coefficient (Wildman–Crippen LogP) is 3.40. The summed E-state index contributed by atoms with van der Waals surface area (Å²) in [7, 11) is 0. The third-order valence-electron chi connectivity index (χ3n) is 2.51. The van der Waals surface area contributed by atoms with Crippen molar-refractivity contribution in [2.45, 2.75) is 17.4 Å². The molecule has 0 bridgehead atoms. The Balaban J connectivity index is 1.86. The van der Waals surface area contributed by atoms with Crippen LogP contribution in [-0.4, -0.2) is 16.8 Å². The lowest BCUT2D eigenvalue weighted by Gasteiger charge is -2.11. The molecule has 0 aliphatic carbocycles. The van der Waals surface area contributed by atoms with Crippen LogP contribution in [0.1, 0.15) is 5.56 Å². The summed E-state index contributed by atoms with van der Waals surface area (Å²) < 4.78 is 0. The topological polar surface area (TPSA) is 38.9 Å². The number of rotatable bonds is 5. The van der Waals surface area contributed by atoms with Crippen LogP contribution in [0.5, 0.6) is 0 Å². The van der Waals surface area contributed by atoms with Gasteiger partial charge in [0, 0.05) is 29.1 Å². The second-order valence-electron chi connectivity index (χ2n) is 4.07. The number of hydrogen-bond donors (Lipinski definition) is 1. The molecular formula is C14H15ClN2S. The summed E-state index contributed by atoms with van der Waals surface area (Å²) in [6, 6.07) is 11.9. The van der Waals surface area contributed by atoms with E-state index in [0.717, 1.165) is 22.1 Å². The van der Waals surface area contributed by atoms with Crippen molar-refractivity contribution < 1.29 is 0 Å². The van der Waals surface area contributed by atoms with Gasteiger partial charge in [0.25, 0.3) is 0 Å². The normalized spacial score (nSPS) is 12.3. The summed E-state index contributed by atoms with van der Waals surface area (Å²) >= 11 is 7.79. The Labute approximate surface area is 117 Å². The lowest BCUT2D eigenvalue weighted by Crippen LogP contribution is -2.25. The minimum Gasteiger partial charge on any atom is -0.327 e. The zero-order chi connectivity index (χ0) is 12.8. The van der Waals surface area contributed by atoms with Crippen LogP contribution in [0.2, 0.25) is 5.02 Å². The number of thioether (sulfide) groups is 1. The Kier molecular flexibility index (Phi) is 5.05.